The van der Waals surface area contributed by atoms with Gasteiger partial charge in [0, 0.05) is 43.4 Å². The Morgan fingerprint density at radius 3 is 1.32 bits per heavy atom. The number of fused-ring (bicyclic) bond motifs is 1. The summed E-state index contributed by atoms with van der Waals surface area (Å²) in [6.45, 7) is 4.29. The van der Waals surface area contributed by atoms with E-state index in [1.807, 2.05) is 11.8 Å². The zero-order valence-electron chi connectivity index (χ0n) is 12.8. The molecule has 9 heteroatoms. The highest BCUT2D eigenvalue weighted by molar-refractivity contribution is 7.80. The van der Waals surface area contributed by atoms with E-state index >= 15 is 0 Å². The second kappa shape index (κ2) is 7.92. The van der Waals surface area contributed by atoms with Crippen LogP contribution in [0.25, 0.3) is 0 Å². The molecule has 0 aromatic carbocycles. The number of carbonyl (C=O) groups is 2. The van der Waals surface area contributed by atoms with Gasteiger partial charge in [-0.25, -0.2) is 9.59 Å². The van der Waals surface area contributed by atoms with Crippen LogP contribution in [0.4, 0.5) is 9.59 Å². The first-order chi connectivity index (χ1) is 10.6. The first-order valence-corrected chi connectivity index (χ1v) is 9.49. The topological polar surface area (TPSA) is 47.1 Å². The third kappa shape index (κ3) is 2.99. The summed E-state index contributed by atoms with van der Waals surface area (Å²) in [4.78, 5) is 32.5. The molecule has 2 saturated heterocycles. The van der Waals surface area contributed by atoms with Crippen molar-refractivity contribution in [1.29, 1.82) is 0 Å². The zero-order chi connectivity index (χ0) is 16.3. The number of amides is 4. The fourth-order valence-corrected chi connectivity index (χ4v) is 3.89. The monoisotopic (exact) mass is 364 g/mol. The Morgan fingerprint density at radius 2 is 1.05 bits per heavy atom. The van der Waals surface area contributed by atoms with Gasteiger partial charge >= 0.3 is 12.1 Å². The fourth-order valence-electron chi connectivity index (χ4n) is 3.24. The Bertz CT molecular complexity index is 356. The number of urea groups is 2. The van der Waals surface area contributed by atoms with E-state index in [2.05, 4.69) is 37.9 Å². The van der Waals surface area contributed by atoms with Gasteiger partial charge in [-0.1, -0.05) is 6.92 Å². The number of hydrogen-bond acceptors (Lipinski definition) is 5. The van der Waals surface area contributed by atoms with Gasteiger partial charge in [0.1, 0.15) is 12.3 Å². The maximum Gasteiger partial charge on any atom is 0.323 e. The molecule has 2 aliphatic heterocycles. The minimum atomic E-state index is -0.245. The van der Waals surface area contributed by atoms with Gasteiger partial charge in [-0.15, -0.1) is 0 Å². The normalized spacial score (nSPS) is 24.7. The minimum Gasteiger partial charge on any atom is -0.300 e. The van der Waals surface area contributed by atoms with Crippen LogP contribution in [-0.4, -0.2) is 87.4 Å². The molecule has 2 fully saturated rings. The Kier molecular flexibility index (Phi) is 6.46. The Balaban J connectivity index is 2.36. The zero-order valence-corrected chi connectivity index (χ0v) is 15.4. The van der Waals surface area contributed by atoms with Crippen molar-refractivity contribution in [1.82, 2.24) is 19.6 Å². The third-order valence-electron chi connectivity index (χ3n) is 4.01. The molecule has 0 aromatic heterocycles. The number of nitrogens with zero attached hydrogens (tertiary/aromatic N) is 4. The molecule has 0 aliphatic carbocycles. The molecule has 0 N–H and O–H groups in total. The SMILES string of the molecule is CCCN1C(=O)N(CCS)[C@@H]2C1N(CCS)C(=O)N2CCS. The van der Waals surface area contributed by atoms with E-state index in [9.17, 15) is 9.59 Å². The van der Waals surface area contributed by atoms with Gasteiger partial charge in [0.15, 0.2) is 0 Å². The van der Waals surface area contributed by atoms with Crippen molar-refractivity contribution < 1.29 is 9.59 Å². The van der Waals surface area contributed by atoms with Crippen LogP contribution in [0.15, 0.2) is 0 Å². The average molecular weight is 365 g/mol. The standard InChI is InChI=1S/C13H24N4O2S3/c1-2-3-14-10-11(16(5-8-21)12(14)18)17(6-9-22)13(19)15(10)4-7-20/h10-11,20-22H,2-9H2,1H3/t10?,11-/m0/s1. The molecule has 0 radical (unpaired) electrons. The first kappa shape index (κ1) is 17.9. The lowest BCUT2D eigenvalue weighted by atomic mass is 10.3. The molecular weight excluding hydrogens is 340 g/mol. The molecule has 2 atom stereocenters. The second-order valence-corrected chi connectivity index (χ2v) is 6.68. The van der Waals surface area contributed by atoms with Crippen LogP contribution in [0.2, 0.25) is 0 Å². The highest BCUT2D eigenvalue weighted by atomic mass is 32.1. The molecule has 0 bridgehead atoms. The maximum atomic E-state index is 12.7. The van der Waals surface area contributed by atoms with Gasteiger partial charge in [-0.05, 0) is 6.42 Å². The Labute approximate surface area is 148 Å². The predicted molar refractivity (Wildman–Crippen MR) is 97.0 cm³/mol. The summed E-state index contributed by atoms with van der Waals surface area (Å²) < 4.78 is 0. The molecule has 0 aromatic rings. The minimum absolute atomic E-state index is 0.00766. The molecule has 0 spiro atoms. The first-order valence-electron chi connectivity index (χ1n) is 7.59. The quantitative estimate of drug-likeness (QED) is 0.569. The summed E-state index contributed by atoms with van der Waals surface area (Å²) >= 11 is 12.8. The van der Waals surface area contributed by atoms with Crippen LogP contribution in [-0.2, 0) is 0 Å². The molecule has 2 rings (SSSR count). The molecule has 2 aliphatic rings. The second-order valence-electron chi connectivity index (χ2n) is 5.34. The molecule has 126 valence electrons. The number of hydrogen-bond donors (Lipinski definition) is 3. The van der Waals surface area contributed by atoms with Crippen molar-refractivity contribution in [2.75, 3.05) is 43.4 Å². The van der Waals surface area contributed by atoms with Crippen molar-refractivity contribution in [3.63, 3.8) is 0 Å². The van der Waals surface area contributed by atoms with Gasteiger partial charge in [-0.2, -0.15) is 37.9 Å². The molecule has 6 nitrogen and oxygen atoms in total. The molecule has 0 saturated carbocycles. The van der Waals surface area contributed by atoms with Crippen LogP contribution in [0.1, 0.15) is 13.3 Å². The van der Waals surface area contributed by atoms with Crippen LogP contribution >= 0.6 is 37.9 Å². The van der Waals surface area contributed by atoms with Crippen LogP contribution in [0.3, 0.4) is 0 Å². The molecule has 4 amide bonds. The number of rotatable bonds is 8. The van der Waals surface area contributed by atoms with Crippen LogP contribution < -0.4 is 0 Å². The van der Waals surface area contributed by atoms with E-state index in [1.165, 1.54) is 0 Å². The molecular formula is C13H24N4O2S3. The van der Waals surface area contributed by atoms with E-state index in [1.54, 1.807) is 14.7 Å². The Hall–Kier alpha value is -0.410. The highest BCUT2D eigenvalue weighted by Gasteiger charge is 2.57. The summed E-state index contributed by atoms with van der Waals surface area (Å²) in [5.41, 5.74) is 0. The van der Waals surface area contributed by atoms with Crippen LogP contribution in [0, 0.1) is 0 Å². The summed E-state index contributed by atoms with van der Waals surface area (Å²) in [5.74, 6) is 1.72. The number of thiol groups is 3. The molecule has 22 heavy (non-hydrogen) atoms. The average Bonchev–Trinajstić information content (AvgIpc) is 2.90. The summed E-state index contributed by atoms with van der Waals surface area (Å²) in [5, 5.41) is 0. The fraction of sp³-hybridized carbons (Fsp3) is 0.846. The molecule has 1 unspecified atom stereocenters. The van der Waals surface area contributed by atoms with E-state index in [-0.39, 0.29) is 24.4 Å². The van der Waals surface area contributed by atoms with Gasteiger partial charge in [0.25, 0.3) is 0 Å². The Morgan fingerprint density at radius 1 is 0.727 bits per heavy atom. The lowest BCUT2D eigenvalue weighted by molar-refractivity contribution is 0.132. The largest absolute Gasteiger partial charge is 0.323 e. The van der Waals surface area contributed by atoms with Crippen molar-refractivity contribution in [2.45, 2.75) is 25.7 Å². The molecule has 2 heterocycles. The van der Waals surface area contributed by atoms with Gasteiger partial charge < -0.3 is 4.90 Å². The van der Waals surface area contributed by atoms with Gasteiger partial charge in [0.05, 0.1) is 0 Å². The van der Waals surface area contributed by atoms with Crippen molar-refractivity contribution >= 4 is 49.9 Å². The van der Waals surface area contributed by atoms with Gasteiger partial charge in [0.2, 0.25) is 0 Å². The summed E-state index contributed by atoms with van der Waals surface area (Å²) in [6, 6.07) is -0.0393. The summed E-state index contributed by atoms with van der Waals surface area (Å²) in [7, 11) is 0. The summed E-state index contributed by atoms with van der Waals surface area (Å²) in [6.07, 6.45) is 0.386. The predicted octanol–water partition coefficient (Wildman–Crippen LogP) is 1.31. The maximum absolute atomic E-state index is 12.7. The van der Waals surface area contributed by atoms with E-state index in [0.29, 0.717) is 43.4 Å². The van der Waals surface area contributed by atoms with Crippen LogP contribution in [0.5, 0.6) is 0 Å². The van der Waals surface area contributed by atoms with E-state index < -0.39 is 0 Å². The van der Waals surface area contributed by atoms with E-state index in [4.69, 9.17) is 0 Å². The smallest absolute Gasteiger partial charge is 0.300 e. The van der Waals surface area contributed by atoms with Crippen molar-refractivity contribution in [3.8, 4) is 0 Å². The third-order valence-corrected chi connectivity index (χ3v) is 4.61. The van der Waals surface area contributed by atoms with Crippen molar-refractivity contribution in [2.24, 2.45) is 0 Å². The highest BCUT2D eigenvalue weighted by Crippen LogP contribution is 2.35. The lowest BCUT2D eigenvalue weighted by Crippen LogP contribution is -2.48. The lowest BCUT2D eigenvalue weighted by Gasteiger charge is -2.29. The van der Waals surface area contributed by atoms with Gasteiger partial charge in [-0.3, -0.25) is 14.7 Å². The van der Waals surface area contributed by atoms with Crippen molar-refractivity contribution in [3.05, 3.63) is 0 Å². The van der Waals surface area contributed by atoms with E-state index in [0.717, 1.165) is 6.42 Å². The number of carbonyl (C=O) groups excluding carboxylic acids is 2.